The zero-order chi connectivity index (χ0) is 12.1. The molecule has 0 saturated heterocycles. The van der Waals surface area contributed by atoms with E-state index >= 15 is 0 Å². The van der Waals surface area contributed by atoms with E-state index in [1.54, 1.807) is 12.1 Å². The average molecular weight is 225 g/mol. The molecule has 0 aliphatic carbocycles. The average Bonchev–Trinajstić information content (AvgIpc) is 2.29. The van der Waals surface area contributed by atoms with Gasteiger partial charge in [-0.25, -0.2) is 4.79 Å². The summed E-state index contributed by atoms with van der Waals surface area (Å²) in [5.41, 5.74) is 6.22. The van der Waals surface area contributed by atoms with Gasteiger partial charge in [-0.15, -0.1) is 0 Å². The topological polar surface area (TPSA) is 70.8 Å². The maximum Gasteiger partial charge on any atom is 0.343 e. The lowest BCUT2D eigenvalue weighted by atomic mass is 10.1. The van der Waals surface area contributed by atoms with Crippen LogP contribution < -0.4 is 15.2 Å². The van der Waals surface area contributed by atoms with Gasteiger partial charge in [-0.2, -0.15) is 0 Å². The molecule has 5 nitrogen and oxygen atoms in total. The Labute approximate surface area is 94.1 Å². The number of nitrogen functional groups attached to an aromatic ring is 1. The zero-order valence-corrected chi connectivity index (χ0v) is 9.57. The van der Waals surface area contributed by atoms with Crippen LogP contribution in [0.15, 0.2) is 12.1 Å². The standard InChI is InChI=1S/C11H15NO4/c1-4-16-10-8(14-2)6-5-7(12)9(10)11(13)15-3/h5-6H,4,12H2,1-3H3. The second-order valence-electron chi connectivity index (χ2n) is 2.99. The van der Waals surface area contributed by atoms with Crippen molar-refractivity contribution in [3.05, 3.63) is 17.7 Å². The van der Waals surface area contributed by atoms with Crippen molar-refractivity contribution in [1.82, 2.24) is 0 Å². The highest BCUT2D eigenvalue weighted by Gasteiger charge is 2.20. The second-order valence-corrected chi connectivity index (χ2v) is 2.99. The van der Waals surface area contributed by atoms with Gasteiger partial charge in [-0.3, -0.25) is 0 Å². The molecule has 0 aliphatic rings. The Morgan fingerprint density at radius 3 is 2.56 bits per heavy atom. The van der Waals surface area contributed by atoms with Gasteiger partial charge in [0, 0.05) is 0 Å². The molecule has 0 amide bonds. The summed E-state index contributed by atoms with van der Waals surface area (Å²) in [6.07, 6.45) is 0. The molecule has 0 fully saturated rings. The summed E-state index contributed by atoms with van der Waals surface area (Å²) in [7, 11) is 2.78. The number of benzene rings is 1. The summed E-state index contributed by atoms with van der Waals surface area (Å²) in [5, 5.41) is 0. The number of ether oxygens (including phenoxy) is 3. The van der Waals surface area contributed by atoms with E-state index in [0.29, 0.717) is 23.8 Å². The van der Waals surface area contributed by atoms with Gasteiger partial charge in [0.05, 0.1) is 26.5 Å². The molecule has 0 radical (unpaired) electrons. The van der Waals surface area contributed by atoms with Crippen molar-refractivity contribution in [1.29, 1.82) is 0 Å². The Kier molecular flexibility index (Phi) is 3.99. The van der Waals surface area contributed by atoms with E-state index in [1.165, 1.54) is 14.2 Å². The van der Waals surface area contributed by atoms with Crippen LogP contribution in [0.25, 0.3) is 0 Å². The van der Waals surface area contributed by atoms with Crippen molar-refractivity contribution in [3.8, 4) is 11.5 Å². The van der Waals surface area contributed by atoms with E-state index in [9.17, 15) is 4.79 Å². The van der Waals surface area contributed by atoms with Crippen LogP contribution in [0, 0.1) is 0 Å². The molecule has 0 unspecified atom stereocenters. The normalized spacial score (nSPS) is 9.69. The number of carbonyl (C=O) groups is 1. The third-order valence-electron chi connectivity index (χ3n) is 2.05. The van der Waals surface area contributed by atoms with E-state index in [4.69, 9.17) is 15.2 Å². The fraction of sp³-hybridized carbons (Fsp3) is 0.364. The van der Waals surface area contributed by atoms with E-state index in [1.807, 2.05) is 6.92 Å². The second kappa shape index (κ2) is 5.25. The van der Waals surface area contributed by atoms with Gasteiger partial charge < -0.3 is 19.9 Å². The van der Waals surface area contributed by atoms with Gasteiger partial charge in [0.2, 0.25) is 0 Å². The SMILES string of the molecule is CCOc1c(OC)ccc(N)c1C(=O)OC. The minimum Gasteiger partial charge on any atom is -0.493 e. The molecule has 0 bridgehead atoms. The smallest absolute Gasteiger partial charge is 0.343 e. The molecule has 88 valence electrons. The van der Waals surface area contributed by atoms with E-state index < -0.39 is 5.97 Å². The summed E-state index contributed by atoms with van der Waals surface area (Å²) >= 11 is 0. The molecule has 5 heteroatoms. The van der Waals surface area contributed by atoms with E-state index in [-0.39, 0.29) is 5.56 Å². The molecule has 1 rings (SSSR count). The molecule has 0 saturated carbocycles. The lowest BCUT2D eigenvalue weighted by Gasteiger charge is -2.14. The number of methoxy groups -OCH3 is 2. The van der Waals surface area contributed by atoms with Gasteiger partial charge in [-0.05, 0) is 19.1 Å². The summed E-state index contributed by atoms with van der Waals surface area (Å²) in [6.45, 7) is 2.22. The Hall–Kier alpha value is -1.91. The first-order chi connectivity index (χ1) is 7.65. The third kappa shape index (κ3) is 2.18. The highest BCUT2D eigenvalue weighted by atomic mass is 16.5. The molecule has 0 atom stereocenters. The molecule has 0 spiro atoms. The van der Waals surface area contributed by atoms with Crippen LogP contribution in [-0.4, -0.2) is 26.8 Å². The van der Waals surface area contributed by atoms with Crippen LogP contribution in [0.1, 0.15) is 17.3 Å². The molecule has 0 aromatic heterocycles. The van der Waals surface area contributed by atoms with Crippen LogP contribution >= 0.6 is 0 Å². The van der Waals surface area contributed by atoms with Gasteiger partial charge in [0.15, 0.2) is 11.5 Å². The Morgan fingerprint density at radius 2 is 2.06 bits per heavy atom. The molecule has 1 aromatic rings. The van der Waals surface area contributed by atoms with Gasteiger partial charge in [0.1, 0.15) is 5.56 Å². The Balaban J connectivity index is 3.35. The fourth-order valence-corrected chi connectivity index (χ4v) is 1.34. The molecule has 0 heterocycles. The first kappa shape index (κ1) is 12.2. The van der Waals surface area contributed by atoms with Crippen molar-refractivity contribution in [2.75, 3.05) is 26.6 Å². The van der Waals surface area contributed by atoms with Crippen molar-refractivity contribution >= 4 is 11.7 Å². The van der Waals surface area contributed by atoms with E-state index in [0.717, 1.165) is 0 Å². The number of nitrogens with two attached hydrogens (primary N) is 1. The fourth-order valence-electron chi connectivity index (χ4n) is 1.34. The van der Waals surface area contributed by atoms with Crippen LogP contribution in [0.2, 0.25) is 0 Å². The molecular weight excluding hydrogens is 210 g/mol. The maximum absolute atomic E-state index is 11.6. The molecule has 16 heavy (non-hydrogen) atoms. The monoisotopic (exact) mass is 225 g/mol. The van der Waals surface area contributed by atoms with Crippen LogP contribution in [-0.2, 0) is 4.74 Å². The number of rotatable bonds is 4. The minimum absolute atomic E-state index is 0.198. The van der Waals surface area contributed by atoms with Gasteiger partial charge in [0.25, 0.3) is 0 Å². The van der Waals surface area contributed by atoms with Crippen molar-refractivity contribution in [2.45, 2.75) is 6.92 Å². The predicted octanol–water partition coefficient (Wildman–Crippen LogP) is 1.46. The number of hydrogen-bond acceptors (Lipinski definition) is 5. The van der Waals surface area contributed by atoms with Crippen molar-refractivity contribution < 1.29 is 19.0 Å². The van der Waals surface area contributed by atoms with Gasteiger partial charge in [-0.1, -0.05) is 0 Å². The summed E-state index contributed by atoms with van der Waals surface area (Å²) < 4.78 is 15.1. The maximum atomic E-state index is 11.6. The largest absolute Gasteiger partial charge is 0.493 e. The number of esters is 1. The molecule has 2 N–H and O–H groups in total. The molecule has 1 aromatic carbocycles. The highest BCUT2D eigenvalue weighted by Crippen LogP contribution is 2.35. The first-order valence-corrected chi connectivity index (χ1v) is 4.83. The lowest BCUT2D eigenvalue weighted by molar-refractivity contribution is 0.0597. The summed E-state index contributed by atoms with van der Waals surface area (Å²) in [5.74, 6) is 0.230. The summed E-state index contributed by atoms with van der Waals surface area (Å²) in [6, 6.07) is 3.22. The first-order valence-electron chi connectivity index (χ1n) is 4.83. The number of hydrogen-bond donors (Lipinski definition) is 1. The number of anilines is 1. The minimum atomic E-state index is -0.542. The van der Waals surface area contributed by atoms with Crippen molar-refractivity contribution in [3.63, 3.8) is 0 Å². The number of carbonyl (C=O) groups excluding carboxylic acids is 1. The van der Waals surface area contributed by atoms with Crippen LogP contribution in [0.4, 0.5) is 5.69 Å². The zero-order valence-electron chi connectivity index (χ0n) is 9.57. The third-order valence-corrected chi connectivity index (χ3v) is 2.05. The lowest BCUT2D eigenvalue weighted by Crippen LogP contribution is -2.10. The van der Waals surface area contributed by atoms with Crippen molar-refractivity contribution in [2.24, 2.45) is 0 Å². The van der Waals surface area contributed by atoms with Crippen LogP contribution in [0.3, 0.4) is 0 Å². The predicted molar refractivity (Wildman–Crippen MR) is 59.9 cm³/mol. The Bertz CT molecular complexity index is 390. The quantitative estimate of drug-likeness (QED) is 0.620. The van der Waals surface area contributed by atoms with Gasteiger partial charge >= 0.3 is 5.97 Å². The molecular formula is C11H15NO4. The van der Waals surface area contributed by atoms with Crippen LogP contribution in [0.5, 0.6) is 11.5 Å². The molecule has 0 aliphatic heterocycles. The van der Waals surface area contributed by atoms with E-state index in [2.05, 4.69) is 4.74 Å². The Morgan fingerprint density at radius 1 is 1.38 bits per heavy atom. The highest BCUT2D eigenvalue weighted by molar-refractivity contribution is 5.99. The summed E-state index contributed by atoms with van der Waals surface area (Å²) in [4.78, 5) is 11.6.